The predicted molar refractivity (Wildman–Crippen MR) is 101 cm³/mol. The van der Waals surface area contributed by atoms with Crippen LogP contribution in [-0.2, 0) is 0 Å². The Labute approximate surface area is 162 Å². The zero-order valence-corrected chi connectivity index (χ0v) is 16.0. The lowest BCUT2D eigenvalue weighted by Gasteiger charge is -2.16. The highest BCUT2D eigenvalue weighted by molar-refractivity contribution is 6.32. The fourth-order valence-electron chi connectivity index (χ4n) is 2.34. The number of nitrogens with zero attached hydrogens (tertiary/aromatic N) is 1. The fraction of sp³-hybridized carbons (Fsp3) is 0.300. The molecule has 0 saturated heterocycles. The van der Waals surface area contributed by atoms with Crippen molar-refractivity contribution in [2.75, 3.05) is 13.7 Å². The van der Waals surface area contributed by atoms with Crippen molar-refractivity contribution in [1.82, 2.24) is 5.32 Å². The van der Waals surface area contributed by atoms with Crippen molar-refractivity contribution in [3.05, 3.63) is 58.4 Å². The molecule has 0 heterocycles. The van der Waals surface area contributed by atoms with Gasteiger partial charge in [0.1, 0.15) is 11.9 Å². The quantitative estimate of drug-likeness (QED) is 0.754. The summed E-state index contributed by atoms with van der Waals surface area (Å²) in [4.78, 5) is 12.6. The highest BCUT2D eigenvalue weighted by Gasteiger charge is 2.21. The molecule has 0 fully saturated rings. The third kappa shape index (κ3) is 5.11. The molecule has 0 aliphatic carbocycles. The van der Waals surface area contributed by atoms with Crippen molar-refractivity contribution < 1.29 is 18.7 Å². The molecule has 0 bridgehead atoms. The van der Waals surface area contributed by atoms with E-state index in [4.69, 9.17) is 21.1 Å². The predicted octanol–water partition coefficient (Wildman–Crippen LogP) is 4.52. The molecule has 0 spiro atoms. The van der Waals surface area contributed by atoms with E-state index in [1.807, 2.05) is 19.9 Å². The Morgan fingerprint density at radius 3 is 2.63 bits per heavy atom. The lowest BCUT2D eigenvalue weighted by atomic mass is 10.1. The van der Waals surface area contributed by atoms with Gasteiger partial charge in [0, 0.05) is 11.1 Å². The van der Waals surface area contributed by atoms with Crippen LogP contribution >= 0.6 is 11.6 Å². The van der Waals surface area contributed by atoms with E-state index in [1.165, 1.54) is 37.4 Å². The van der Waals surface area contributed by atoms with Gasteiger partial charge in [0.05, 0.1) is 24.8 Å². The molecule has 1 atom stereocenters. The standard InChI is InChI=1S/C20H20ClFN2O3/c1-12(2)11-27-19-15(21)8-13(9-18(19)26-3)20(25)24-17(10-23)14-6-4-5-7-16(14)22/h4-9,12,17H,11H2,1-3H3,(H,24,25). The van der Waals surface area contributed by atoms with Crippen LogP contribution in [0.5, 0.6) is 11.5 Å². The zero-order chi connectivity index (χ0) is 20.0. The SMILES string of the molecule is COc1cc(C(=O)NC(C#N)c2ccccc2F)cc(Cl)c1OCC(C)C. The molecular weight excluding hydrogens is 371 g/mol. The summed E-state index contributed by atoms with van der Waals surface area (Å²) >= 11 is 6.24. The van der Waals surface area contributed by atoms with Crippen molar-refractivity contribution >= 4 is 17.5 Å². The minimum Gasteiger partial charge on any atom is -0.493 e. The maximum atomic E-state index is 13.9. The zero-order valence-electron chi connectivity index (χ0n) is 15.3. The number of hydrogen-bond acceptors (Lipinski definition) is 4. The maximum Gasteiger partial charge on any atom is 0.252 e. The van der Waals surface area contributed by atoms with E-state index in [2.05, 4.69) is 5.32 Å². The van der Waals surface area contributed by atoms with E-state index >= 15 is 0 Å². The maximum absolute atomic E-state index is 13.9. The molecule has 0 saturated carbocycles. The van der Waals surface area contributed by atoms with E-state index in [0.717, 1.165) is 0 Å². The van der Waals surface area contributed by atoms with Crippen molar-refractivity contribution in [2.45, 2.75) is 19.9 Å². The number of amides is 1. The van der Waals surface area contributed by atoms with Gasteiger partial charge < -0.3 is 14.8 Å². The molecule has 1 N–H and O–H groups in total. The number of methoxy groups -OCH3 is 1. The second-order valence-electron chi connectivity index (χ2n) is 6.25. The fourth-order valence-corrected chi connectivity index (χ4v) is 2.61. The van der Waals surface area contributed by atoms with Gasteiger partial charge in [-0.3, -0.25) is 4.79 Å². The Morgan fingerprint density at radius 1 is 1.33 bits per heavy atom. The number of nitriles is 1. The molecule has 0 radical (unpaired) electrons. The lowest BCUT2D eigenvalue weighted by molar-refractivity contribution is 0.0944. The van der Waals surface area contributed by atoms with Crippen LogP contribution in [0.2, 0.25) is 5.02 Å². The third-order valence-corrected chi connectivity index (χ3v) is 3.95. The van der Waals surface area contributed by atoms with Gasteiger partial charge >= 0.3 is 0 Å². The van der Waals surface area contributed by atoms with Crippen molar-refractivity contribution in [2.24, 2.45) is 5.92 Å². The Morgan fingerprint density at radius 2 is 2.04 bits per heavy atom. The van der Waals surface area contributed by atoms with Gasteiger partial charge in [-0.05, 0) is 24.1 Å². The number of halogens is 2. The molecule has 5 nitrogen and oxygen atoms in total. The minimum atomic E-state index is -1.14. The molecule has 0 aliphatic heterocycles. The van der Waals surface area contributed by atoms with Gasteiger partial charge in [-0.15, -0.1) is 0 Å². The molecule has 2 aromatic carbocycles. The summed E-state index contributed by atoms with van der Waals surface area (Å²) < 4.78 is 24.8. The Bertz CT molecular complexity index is 865. The summed E-state index contributed by atoms with van der Waals surface area (Å²) in [6.45, 7) is 4.42. The second kappa shape index (κ2) is 9.24. The average molecular weight is 391 g/mol. The summed E-state index contributed by atoms with van der Waals surface area (Å²) in [5, 5.41) is 12.0. The molecule has 0 aliphatic rings. The molecule has 2 aromatic rings. The smallest absolute Gasteiger partial charge is 0.252 e. The average Bonchev–Trinajstić information content (AvgIpc) is 2.64. The summed E-state index contributed by atoms with van der Waals surface area (Å²) in [5.74, 6) is -0.230. The first-order valence-electron chi connectivity index (χ1n) is 8.32. The molecule has 1 unspecified atom stereocenters. The Kier molecular flexibility index (Phi) is 7.03. The van der Waals surface area contributed by atoms with Gasteiger partial charge in [0.15, 0.2) is 11.5 Å². The van der Waals surface area contributed by atoms with Crippen LogP contribution in [0.25, 0.3) is 0 Å². The van der Waals surface area contributed by atoms with Gasteiger partial charge in [-0.2, -0.15) is 5.26 Å². The highest BCUT2D eigenvalue weighted by atomic mass is 35.5. The monoisotopic (exact) mass is 390 g/mol. The van der Waals surface area contributed by atoms with Crippen molar-refractivity contribution in [3.8, 4) is 17.6 Å². The summed E-state index contributed by atoms with van der Waals surface area (Å²) in [6, 6.07) is 9.41. The molecular formula is C20H20ClFN2O3. The summed E-state index contributed by atoms with van der Waals surface area (Å²) in [7, 11) is 1.44. The van der Waals surface area contributed by atoms with E-state index < -0.39 is 17.8 Å². The molecule has 1 amide bonds. The molecule has 27 heavy (non-hydrogen) atoms. The van der Waals surface area contributed by atoms with Crippen molar-refractivity contribution in [1.29, 1.82) is 5.26 Å². The third-order valence-electron chi connectivity index (χ3n) is 3.67. The number of carbonyl (C=O) groups excluding carboxylic acids is 1. The van der Waals surface area contributed by atoms with Crippen LogP contribution < -0.4 is 14.8 Å². The highest BCUT2D eigenvalue weighted by Crippen LogP contribution is 2.36. The normalized spacial score (nSPS) is 11.6. The molecule has 142 valence electrons. The van der Waals surface area contributed by atoms with E-state index in [1.54, 1.807) is 6.07 Å². The van der Waals surface area contributed by atoms with Gasteiger partial charge in [0.25, 0.3) is 5.91 Å². The lowest BCUT2D eigenvalue weighted by Crippen LogP contribution is -2.28. The Hall–Kier alpha value is -2.78. The molecule has 7 heteroatoms. The van der Waals surface area contributed by atoms with E-state index in [-0.39, 0.29) is 22.1 Å². The topological polar surface area (TPSA) is 71.3 Å². The van der Waals surface area contributed by atoms with Crippen LogP contribution in [-0.4, -0.2) is 19.6 Å². The van der Waals surface area contributed by atoms with E-state index in [9.17, 15) is 14.4 Å². The number of rotatable bonds is 7. The number of nitrogens with one attached hydrogen (secondary N) is 1. The number of ether oxygens (including phenoxy) is 2. The van der Waals surface area contributed by atoms with Crippen molar-refractivity contribution in [3.63, 3.8) is 0 Å². The number of benzene rings is 2. The first-order valence-corrected chi connectivity index (χ1v) is 8.70. The van der Waals surface area contributed by atoms with Gasteiger partial charge in [-0.25, -0.2) is 4.39 Å². The van der Waals surface area contributed by atoms with Crippen LogP contribution in [0.15, 0.2) is 36.4 Å². The molecule has 2 rings (SSSR count). The van der Waals surface area contributed by atoms with E-state index in [0.29, 0.717) is 18.1 Å². The summed E-state index contributed by atoms with van der Waals surface area (Å²) in [6.07, 6.45) is 0. The van der Waals surface area contributed by atoms with Crippen LogP contribution in [0.4, 0.5) is 4.39 Å². The van der Waals surface area contributed by atoms with Crippen LogP contribution in [0.1, 0.15) is 35.8 Å². The van der Waals surface area contributed by atoms with Gasteiger partial charge in [0.2, 0.25) is 0 Å². The number of hydrogen-bond donors (Lipinski definition) is 1. The molecule has 0 aromatic heterocycles. The minimum absolute atomic E-state index is 0.0864. The second-order valence-corrected chi connectivity index (χ2v) is 6.66. The largest absolute Gasteiger partial charge is 0.493 e. The van der Waals surface area contributed by atoms with Gasteiger partial charge in [-0.1, -0.05) is 43.6 Å². The van der Waals surface area contributed by atoms with Crippen LogP contribution in [0, 0.1) is 23.1 Å². The first-order chi connectivity index (χ1) is 12.9. The van der Waals surface area contributed by atoms with Crippen LogP contribution in [0.3, 0.4) is 0 Å². The first kappa shape index (κ1) is 20.5. The Balaban J connectivity index is 2.27. The number of carbonyl (C=O) groups is 1. The summed E-state index contributed by atoms with van der Waals surface area (Å²) in [5.41, 5.74) is 0.258.